The van der Waals surface area contributed by atoms with Gasteiger partial charge in [0.15, 0.2) is 11.5 Å². The number of carbonyl (C=O) groups excluding carboxylic acids is 2. The van der Waals surface area contributed by atoms with Gasteiger partial charge in [-0.3, -0.25) is 9.59 Å². The smallest absolute Gasteiger partial charge is 0.254 e. The molecule has 2 amide bonds. The maximum atomic E-state index is 14.1. The number of rotatable bonds is 5. The minimum atomic E-state index is -0.488. The highest BCUT2D eigenvalue weighted by Crippen LogP contribution is 2.47. The van der Waals surface area contributed by atoms with Crippen molar-refractivity contribution >= 4 is 23.2 Å². The lowest BCUT2D eigenvalue weighted by Gasteiger charge is -2.44. The molecule has 6 nitrogen and oxygen atoms in total. The molecule has 0 saturated heterocycles. The zero-order valence-corrected chi connectivity index (χ0v) is 21.1. The van der Waals surface area contributed by atoms with Gasteiger partial charge in [-0.2, -0.15) is 0 Å². The molecule has 3 aromatic rings. The minimum Gasteiger partial charge on any atom is -0.486 e. The second-order valence-corrected chi connectivity index (χ2v) is 10.8. The third-order valence-electron chi connectivity index (χ3n) is 7.64. The van der Waals surface area contributed by atoms with Crippen molar-refractivity contribution in [3.8, 4) is 11.5 Å². The summed E-state index contributed by atoms with van der Waals surface area (Å²) >= 11 is 1.62. The average molecular weight is 503 g/mol. The van der Waals surface area contributed by atoms with E-state index in [1.165, 1.54) is 0 Å². The molecule has 1 fully saturated rings. The van der Waals surface area contributed by atoms with Crippen LogP contribution in [0.4, 0.5) is 0 Å². The Labute approximate surface area is 215 Å². The number of nitrogens with zero attached hydrogens (tertiary/aromatic N) is 1. The number of hydrogen-bond donors (Lipinski definition) is 1. The van der Waals surface area contributed by atoms with Crippen LogP contribution in [0.1, 0.15) is 77.0 Å². The molecule has 1 aliphatic carbocycles. The summed E-state index contributed by atoms with van der Waals surface area (Å²) < 4.78 is 11.4. The van der Waals surface area contributed by atoms with E-state index < -0.39 is 5.92 Å². The molecule has 0 unspecified atom stereocenters. The van der Waals surface area contributed by atoms with E-state index in [0.717, 1.165) is 47.4 Å². The summed E-state index contributed by atoms with van der Waals surface area (Å²) in [6.07, 6.45) is 4.20. The van der Waals surface area contributed by atoms with Crippen LogP contribution in [0.5, 0.6) is 11.5 Å². The monoisotopic (exact) mass is 502 g/mol. The molecule has 3 atom stereocenters. The topological polar surface area (TPSA) is 67.9 Å². The molecule has 2 aromatic carbocycles. The highest BCUT2D eigenvalue weighted by atomic mass is 32.1. The fraction of sp³-hybridized carbons (Fsp3) is 0.379. The van der Waals surface area contributed by atoms with Crippen LogP contribution in [0.25, 0.3) is 0 Å². The second kappa shape index (κ2) is 9.62. The number of fused-ring (bicyclic) bond motifs is 2. The summed E-state index contributed by atoms with van der Waals surface area (Å²) in [5.74, 6) is 0.918. The first-order valence-electron chi connectivity index (χ1n) is 12.8. The first-order valence-corrected chi connectivity index (χ1v) is 13.6. The number of ether oxygens (including phenoxy) is 2. The lowest BCUT2D eigenvalue weighted by Crippen LogP contribution is -2.50. The van der Waals surface area contributed by atoms with Gasteiger partial charge >= 0.3 is 0 Å². The van der Waals surface area contributed by atoms with Crippen molar-refractivity contribution in [3.05, 3.63) is 81.5 Å². The molecule has 2 aliphatic heterocycles. The van der Waals surface area contributed by atoms with E-state index in [2.05, 4.69) is 11.4 Å². The molecular weight excluding hydrogens is 472 g/mol. The van der Waals surface area contributed by atoms with Crippen molar-refractivity contribution in [1.29, 1.82) is 0 Å². The molecule has 3 aliphatic rings. The summed E-state index contributed by atoms with van der Waals surface area (Å²) in [5, 5.41) is 5.29. The molecule has 0 radical (unpaired) electrons. The first kappa shape index (κ1) is 23.1. The van der Waals surface area contributed by atoms with Crippen molar-refractivity contribution in [2.45, 2.75) is 56.7 Å². The predicted molar refractivity (Wildman–Crippen MR) is 139 cm³/mol. The summed E-state index contributed by atoms with van der Waals surface area (Å²) in [6.45, 7) is 3.04. The normalized spacial score (nSPS) is 22.2. The van der Waals surface area contributed by atoms with Gasteiger partial charge in [0, 0.05) is 16.5 Å². The molecule has 0 bridgehead atoms. The molecule has 3 heterocycles. The Morgan fingerprint density at radius 2 is 1.81 bits per heavy atom. The van der Waals surface area contributed by atoms with E-state index in [1.54, 1.807) is 11.3 Å². The molecule has 7 heteroatoms. The van der Waals surface area contributed by atoms with Crippen LogP contribution < -0.4 is 14.8 Å². The lowest BCUT2D eigenvalue weighted by atomic mass is 9.80. The van der Waals surface area contributed by atoms with Gasteiger partial charge in [0.05, 0.1) is 18.0 Å². The Balaban J connectivity index is 1.37. The number of hydrogen-bond acceptors (Lipinski definition) is 5. The predicted octanol–water partition coefficient (Wildman–Crippen LogP) is 5.62. The Kier molecular flexibility index (Phi) is 6.17. The van der Waals surface area contributed by atoms with Gasteiger partial charge in [0.2, 0.25) is 5.91 Å². The molecule has 6 rings (SSSR count). The van der Waals surface area contributed by atoms with E-state index in [4.69, 9.17) is 9.47 Å². The number of nitrogens with one attached hydrogen (secondary N) is 1. The maximum Gasteiger partial charge on any atom is 0.254 e. The number of carbonyl (C=O) groups is 2. The Morgan fingerprint density at radius 3 is 2.58 bits per heavy atom. The average Bonchev–Trinajstić information content (AvgIpc) is 3.63. The number of thiophene rings is 1. The molecule has 36 heavy (non-hydrogen) atoms. The fourth-order valence-electron chi connectivity index (χ4n) is 5.90. The van der Waals surface area contributed by atoms with Crippen molar-refractivity contribution in [2.75, 3.05) is 13.2 Å². The SMILES string of the molecule is C[C@H](NC(=O)[C@@H]1c2ccccc2C(=O)N(C2CCCC2)[C@@H]1c1cccs1)c1ccc2c(c1)OCCO2. The molecule has 0 spiro atoms. The largest absolute Gasteiger partial charge is 0.486 e. The van der Waals surface area contributed by atoms with Gasteiger partial charge in [-0.1, -0.05) is 43.2 Å². The van der Waals surface area contributed by atoms with Gasteiger partial charge in [0.25, 0.3) is 5.91 Å². The van der Waals surface area contributed by atoms with Crippen LogP contribution in [-0.2, 0) is 4.79 Å². The molecule has 1 N–H and O–H groups in total. The summed E-state index contributed by atoms with van der Waals surface area (Å²) in [6, 6.07) is 17.1. The molecule has 1 aromatic heterocycles. The van der Waals surface area contributed by atoms with Gasteiger partial charge in [-0.15, -0.1) is 11.3 Å². The fourth-order valence-corrected chi connectivity index (χ4v) is 6.76. The van der Waals surface area contributed by atoms with Crippen molar-refractivity contribution < 1.29 is 19.1 Å². The van der Waals surface area contributed by atoms with Gasteiger partial charge in [0.1, 0.15) is 13.2 Å². The van der Waals surface area contributed by atoms with Crippen LogP contribution in [0.15, 0.2) is 60.0 Å². The van der Waals surface area contributed by atoms with E-state index in [9.17, 15) is 9.59 Å². The number of amides is 2. The van der Waals surface area contributed by atoms with Gasteiger partial charge < -0.3 is 19.7 Å². The van der Waals surface area contributed by atoms with Crippen molar-refractivity contribution in [2.24, 2.45) is 0 Å². The molecule has 1 saturated carbocycles. The van der Waals surface area contributed by atoms with Crippen molar-refractivity contribution in [3.63, 3.8) is 0 Å². The second-order valence-electron chi connectivity index (χ2n) is 9.81. The van der Waals surface area contributed by atoms with Crippen LogP contribution in [0, 0.1) is 0 Å². The standard InChI is InChI=1S/C29H30N2O4S/c1-18(19-12-13-23-24(17-19)35-15-14-34-23)30-28(32)26-21-9-4-5-10-22(21)29(33)31(20-7-2-3-8-20)27(26)25-11-6-16-36-25/h4-6,9-13,16-18,20,26-27H,2-3,7-8,14-15H2,1H3,(H,30,32)/t18-,26+,27+/m0/s1. The van der Waals surface area contributed by atoms with Crippen LogP contribution in [-0.4, -0.2) is 36.0 Å². The van der Waals surface area contributed by atoms with Crippen LogP contribution >= 0.6 is 11.3 Å². The Bertz CT molecular complexity index is 1270. The Morgan fingerprint density at radius 1 is 1.03 bits per heavy atom. The van der Waals surface area contributed by atoms with Gasteiger partial charge in [-0.25, -0.2) is 0 Å². The van der Waals surface area contributed by atoms with E-state index in [1.807, 2.05) is 65.7 Å². The number of benzene rings is 2. The third kappa shape index (κ3) is 4.05. The van der Waals surface area contributed by atoms with E-state index >= 15 is 0 Å². The quantitative estimate of drug-likeness (QED) is 0.492. The summed E-state index contributed by atoms with van der Waals surface area (Å²) in [5.41, 5.74) is 2.40. The minimum absolute atomic E-state index is 0.0415. The lowest BCUT2D eigenvalue weighted by molar-refractivity contribution is -0.125. The van der Waals surface area contributed by atoms with Crippen molar-refractivity contribution in [1.82, 2.24) is 10.2 Å². The summed E-state index contributed by atoms with van der Waals surface area (Å²) in [4.78, 5) is 31.0. The molecular formula is C29H30N2O4S. The van der Waals surface area contributed by atoms with Crippen LogP contribution in [0.3, 0.4) is 0 Å². The van der Waals surface area contributed by atoms with Crippen LogP contribution in [0.2, 0.25) is 0 Å². The zero-order chi connectivity index (χ0) is 24.6. The first-order chi connectivity index (χ1) is 17.6. The maximum absolute atomic E-state index is 14.1. The van der Waals surface area contributed by atoms with E-state index in [-0.39, 0.29) is 29.9 Å². The van der Waals surface area contributed by atoms with Gasteiger partial charge in [-0.05, 0) is 60.5 Å². The molecule has 186 valence electrons. The third-order valence-corrected chi connectivity index (χ3v) is 8.58. The summed E-state index contributed by atoms with van der Waals surface area (Å²) in [7, 11) is 0. The highest BCUT2D eigenvalue weighted by Gasteiger charge is 2.47. The highest BCUT2D eigenvalue weighted by molar-refractivity contribution is 7.10. The van der Waals surface area contributed by atoms with E-state index in [0.29, 0.717) is 24.5 Å². The zero-order valence-electron chi connectivity index (χ0n) is 20.3. The Hall–Kier alpha value is -3.32.